The van der Waals surface area contributed by atoms with E-state index in [9.17, 15) is 5.11 Å². The fraction of sp³-hybridized carbons (Fsp3) is 0.308. The van der Waals surface area contributed by atoms with Crippen molar-refractivity contribution in [2.75, 3.05) is 6.61 Å². The van der Waals surface area contributed by atoms with E-state index >= 15 is 0 Å². The minimum absolute atomic E-state index is 0.457. The third-order valence-corrected chi connectivity index (χ3v) is 3.78. The first kappa shape index (κ1) is 10.7. The lowest BCUT2D eigenvalue weighted by molar-refractivity contribution is 0.179. The first-order valence-electron chi connectivity index (χ1n) is 5.64. The summed E-state index contributed by atoms with van der Waals surface area (Å²) in [7, 11) is 0. The Labute approximate surface area is 104 Å². The summed E-state index contributed by atoms with van der Waals surface area (Å²) in [4.78, 5) is 5.12. The van der Waals surface area contributed by atoms with E-state index in [-0.39, 0.29) is 0 Å². The minimum Gasteiger partial charge on any atom is -0.493 e. The molecular weight excluding hydrogens is 234 g/mol. The predicted octanol–water partition coefficient (Wildman–Crippen LogP) is 2.35. The highest BCUT2D eigenvalue weighted by atomic mass is 32.1. The largest absolute Gasteiger partial charge is 0.493 e. The SMILES string of the molecule is OC(Cc1cncs1)c1ccc2c(c1)CCO2. The van der Waals surface area contributed by atoms with E-state index in [1.807, 2.05) is 24.4 Å². The Balaban J connectivity index is 1.79. The number of hydrogen-bond donors (Lipinski definition) is 1. The standard InChI is InChI=1S/C13H13NO2S/c15-12(6-11-7-14-8-17-11)9-1-2-13-10(5-9)3-4-16-13/h1-2,5,7-8,12,15H,3-4,6H2. The summed E-state index contributed by atoms with van der Waals surface area (Å²) in [5.74, 6) is 0.957. The van der Waals surface area contributed by atoms with Crippen LogP contribution in [0.25, 0.3) is 0 Å². The number of fused-ring (bicyclic) bond motifs is 1. The molecule has 0 bridgehead atoms. The van der Waals surface area contributed by atoms with Gasteiger partial charge in [-0.05, 0) is 23.3 Å². The van der Waals surface area contributed by atoms with Crippen molar-refractivity contribution in [3.63, 3.8) is 0 Å². The lowest BCUT2D eigenvalue weighted by Gasteiger charge is -2.10. The molecule has 1 N–H and O–H groups in total. The Hall–Kier alpha value is -1.39. The first-order chi connectivity index (χ1) is 8.33. The molecule has 0 spiro atoms. The summed E-state index contributed by atoms with van der Waals surface area (Å²) in [6.45, 7) is 0.754. The van der Waals surface area contributed by atoms with Gasteiger partial charge in [0.25, 0.3) is 0 Å². The molecule has 0 aliphatic carbocycles. The highest BCUT2D eigenvalue weighted by molar-refractivity contribution is 7.09. The van der Waals surface area contributed by atoms with Crippen molar-refractivity contribution in [1.82, 2.24) is 4.98 Å². The van der Waals surface area contributed by atoms with Crippen LogP contribution in [0.1, 0.15) is 22.1 Å². The van der Waals surface area contributed by atoms with Crippen molar-refractivity contribution >= 4 is 11.3 Å². The van der Waals surface area contributed by atoms with Gasteiger partial charge in [0.05, 0.1) is 18.2 Å². The maximum absolute atomic E-state index is 10.2. The monoisotopic (exact) mass is 247 g/mol. The zero-order chi connectivity index (χ0) is 11.7. The van der Waals surface area contributed by atoms with Crippen LogP contribution in [-0.4, -0.2) is 16.7 Å². The molecule has 3 rings (SSSR count). The lowest BCUT2D eigenvalue weighted by atomic mass is 10.0. The van der Waals surface area contributed by atoms with E-state index in [1.54, 1.807) is 16.8 Å². The van der Waals surface area contributed by atoms with Gasteiger partial charge in [-0.25, -0.2) is 0 Å². The van der Waals surface area contributed by atoms with Gasteiger partial charge in [0.15, 0.2) is 0 Å². The number of aliphatic hydroxyl groups excluding tert-OH is 1. The molecule has 1 atom stereocenters. The second-order valence-corrected chi connectivity index (χ2v) is 5.12. The van der Waals surface area contributed by atoms with Gasteiger partial charge in [0.2, 0.25) is 0 Å². The molecule has 2 heterocycles. The van der Waals surface area contributed by atoms with Crippen molar-refractivity contribution in [3.05, 3.63) is 45.9 Å². The van der Waals surface area contributed by atoms with Crippen LogP contribution >= 0.6 is 11.3 Å². The van der Waals surface area contributed by atoms with Gasteiger partial charge in [-0.2, -0.15) is 0 Å². The normalized spacial score (nSPS) is 15.4. The van der Waals surface area contributed by atoms with Gasteiger partial charge in [-0.15, -0.1) is 11.3 Å². The van der Waals surface area contributed by atoms with Crippen LogP contribution < -0.4 is 4.74 Å². The Morgan fingerprint density at radius 2 is 2.41 bits per heavy atom. The van der Waals surface area contributed by atoms with Crippen molar-refractivity contribution in [3.8, 4) is 5.75 Å². The molecular formula is C13H13NO2S. The van der Waals surface area contributed by atoms with Crippen molar-refractivity contribution in [2.24, 2.45) is 0 Å². The van der Waals surface area contributed by atoms with Gasteiger partial charge in [-0.1, -0.05) is 6.07 Å². The number of rotatable bonds is 3. The van der Waals surface area contributed by atoms with Crippen LogP contribution in [0, 0.1) is 0 Å². The highest BCUT2D eigenvalue weighted by Crippen LogP contribution is 2.29. The Morgan fingerprint density at radius 3 is 3.24 bits per heavy atom. The fourth-order valence-electron chi connectivity index (χ4n) is 2.07. The quantitative estimate of drug-likeness (QED) is 0.905. The van der Waals surface area contributed by atoms with Gasteiger partial charge in [0.1, 0.15) is 5.75 Å². The van der Waals surface area contributed by atoms with Gasteiger partial charge in [-0.3, -0.25) is 4.98 Å². The van der Waals surface area contributed by atoms with Crippen LogP contribution in [0.4, 0.5) is 0 Å². The van der Waals surface area contributed by atoms with Gasteiger partial charge < -0.3 is 9.84 Å². The number of benzene rings is 1. The molecule has 1 aromatic carbocycles. The summed E-state index contributed by atoms with van der Waals surface area (Å²) < 4.78 is 5.45. The second-order valence-electron chi connectivity index (χ2n) is 4.15. The molecule has 0 radical (unpaired) electrons. The zero-order valence-corrected chi connectivity index (χ0v) is 10.1. The predicted molar refractivity (Wildman–Crippen MR) is 66.4 cm³/mol. The van der Waals surface area contributed by atoms with Crippen molar-refractivity contribution < 1.29 is 9.84 Å². The molecule has 4 heteroatoms. The zero-order valence-electron chi connectivity index (χ0n) is 9.30. The number of ether oxygens (including phenoxy) is 1. The molecule has 0 amide bonds. The van der Waals surface area contributed by atoms with Crippen LogP contribution in [-0.2, 0) is 12.8 Å². The molecule has 1 aliphatic rings. The van der Waals surface area contributed by atoms with Gasteiger partial charge in [0, 0.05) is 23.9 Å². The number of nitrogens with zero attached hydrogens (tertiary/aromatic N) is 1. The minimum atomic E-state index is -0.457. The fourth-order valence-corrected chi connectivity index (χ4v) is 2.70. The Morgan fingerprint density at radius 1 is 1.47 bits per heavy atom. The summed E-state index contributed by atoms with van der Waals surface area (Å²) in [6, 6.07) is 5.94. The van der Waals surface area contributed by atoms with E-state index in [4.69, 9.17) is 4.74 Å². The first-order valence-corrected chi connectivity index (χ1v) is 6.52. The topological polar surface area (TPSA) is 42.4 Å². The molecule has 88 valence electrons. The van der Waals surface area contributed by atoms with E-state index < -0.39 is 6.10 Å². The van der Waals surface area contributed by atoms with Crippen LogP contribution in [0.15, 0.2) is 29.9 Å². The molecule has 3 nitrogen and oxygen atoms in total. The highest BCUT2D eigenvalue weighted by Gasteiger charge is 2.16. The Kier molecular flexibility index (Phi) is 2.82. The van der Waals surface area contributed by atoms with Crippen LogP contribution in [0.2, 0.25) is 0 Å². The average molecular weight is 247 g/mol. The number of aromatic nitrogens is 1. The second kappa shape index (κ2) is 4.47. The smallest absolute Gasteiger partial charge is 0.122 e. The maximum Gasteiger partial charge on any atom is 0.122 e. The van der Waals surface area contributed by atoms with Crippen LogP contribution in [0.3, 0.4) is 0 Å². The molecule has 0 fully saturated rings. The number of thiazole rings is 1. The summed E-state index contributed by atoms with van der Waals surface area (Å²) in [5.41, 5.74) is 3.95. The van der Waals surface area contributed by atoms with E-state index in [2.05, 4.69) is 4.98 Å². The van der Waals surface area contributed by atoms with Crippen LogP contribution in [0.5, 0.6) is 5.75 Å². The molecule has 17 heavy (non-hydrogen) atoms. The summed E-state index contributed by atoms with van der Waals surface area (Å²) in [6.07, 6.45) is 2.92. The summed E-state index contributed by atoms with van der Waals surface area (Å²) >= 11 is 1.58. The maximum atomic E-state index is 10.2. The molecule has 0 saturated heterocycles. The molecule has 0 saturated carbocycles. The Bertz CT molecular complexity index is 510. The third-order valence-electron chi connectivity index (χ3n) is 2.98. The van der Waals surface area contributed by atoms with E-state index in [0.29, 0.717) is 6.42 Å². The van der Waals surface area contributed by atoms with Gasteiger partial charge >= 0.3 is 0 Å². The lowest BCUT2D eigenvalue weighted by Crippen LogP contribution is -2.00. The van der Waals surface area contributed by atoms with E-state index in [0.717, 1.165) is 29.2 Å². The van der Waals surface area contributed by atoms with Crippen molar-refractivity contribution in [1.29, 1.82) is 0 Å². The number of aliphatic hydroxyl groups is 1. The molecule has 1 unspecified atom stereocenters. The molecule has 1 aromatic heterocycles. The number of hydrogen-bond acceptors (Lipinski definition) is 4. The third kappa shape index (κ3) is 2.18. The van der Waals surface area contributed by atoms with E-state index in [1.165, 1.54) is 5.56 Å². The summed E-state index contributed by atoms with van der Waals surface area (Å²) in [5, 5.41) is 10.2. The molecule has 1 aliphatic heterocycles. The van der Waals surface area contributed by atoms with Crippen molar-refractivity contribution in [2.45, 2.75) is 18.9 Å². The molecule has 2 aromatic rings. The average Bonchev–Trinajstić information content (AvgIpc) is 2.97.